The van der Waals surface area contributed by atoms with Crippen molar-refractivity contribution in [3.05, 3.63) is 76.8 Å². The zero-order valence-electron chi connectivity index (χ0n) is 13.9. The largest absolute Gasteiger partial charge is 0.497 e. The van der Waals surface area contributed by atoms with Crippen molar-refractivity contribution < 1.29 is 13.9 Å². The second-order valence-electron chi connectivity index (χ2n) is 5.51. The van der Waals surface area contributed by atoms with Crippen molar-refractivity contribution >= 4 is 11.6 Å². The van der Waals surface area contributed by atoms with Crippen molar-refractivity contribution in [2.24, 2.45) is 0 Å². The van der Waals surface area contributed by atoms with E-state index in [1.807, 2.05) is 31.2 Å². The van der Waals surface area contributed by atoms with E-state index in [2.05, 4.69) is 11.3 Å². The number of aromatic nitrogens is 2. The van der Waals surface area contributed by atoms with Crippen LogP contribution in [0.15, 0.2) is 48.5 Å². The minimum Gasteiger partial charge on any atom is -0.497 e. The lowest BCUT2D eigenvalue weighted by atomic mass is 10.1. The van der Waals surface area contributed by atoms with Crippen LogP contribution in [0.25, 0.3) is 5.69 Å². The Hall–Kier alpha value is -2.37. The van der Waals surface area contributed by atoms with Crippen LogP contribution >= 0.6 is 11.6 Å². The Bertz CT molecular complexity index is 849. The normalized spacial score (nSPS) is 12.2. The van der Waals surface area contributed by atoms with Crippen LogP contribution in [0.5, 0.6) is 5.75 Å². The van der Waals surface area contributed by atoms with E-state index in [0.717, 1.165) is 11.3 Å². The summed E-state index contributed by atoms with van der Waals surface area (Å²) in [5.41, 5.74) is 2.35. The van der Waals surface area contributed by atoms with Gasteiger partial charge in [-0.2, -0.15) is 5.10 Å². The lowest BCUT2D eigenvalue weighted by Crippen LogP contribution is -2.07. The molecule has 4 nitrogen and oxygen atoms in total. The summed E-state index contributed by atoms with van der Waals surface area (Å²) in [5, 5.41) is 4.45. The van der Waals surface area contributed by atoms with E-state index in [0.29, 0.717) is 23.0 Å². The van der Waals surface area contributed by atoms with E-state index >= 15 is 0 Å². The minimum absolute atomic E-state index is 0.321. The van der Waals surface area contributed by atoms with Gasteiger partial charge in [-0.15, -0.1) is 0 Å². The van der Waals surface area contributed by atoms with Gasteiger partial charge in [0.25, 0.3) is 0 Å². The van der Waals surface area contributed by atoms with Gasteiger partial charge in [0.15, 0.2) is 5.15 Å². The van der Waals surface area contributed by atoms with Crippen molar-refractivity contribution in [3.8, 4) is 11.4 Å². The molecule has 0 spiro atoms. The first-order valence-corrected chi connectivity index (χ1v) is 8.12. The highest BCUT2D eigenvalue weighted by Crippen LogP contribution is 2.26. The van der Waals surface area contributed by atoms with E-state index in [-0.39, 0.29) is 11.9 Å². The molecule has 0 amide bonds. The molecule has 1 atom stereocenters. The van der Waals surface area contributed by atoms with Gasteiger partial charge in [-0.05, 0) is 42.8 Å². The summed E-state index contributed by atoms with van der Waals surface area (Å²) in [6.45, 7) is 2.26. The summed E-state index contributed by atoms with van der Waals surface area (Å²) in [7, 11) is 1.62. The second kappa shape index (κ2) is 7.68. The molecule has 0 saturated heterocycles. The van der Waals surface area contributed by atoms with Gasteiger partial charge < -0.3 is 9.47 Å². The number of nitrogens with zero attached hydrogens (tertiary/aromatic N) is 2. The number of benzene rings is 2. The van der Waals surface area contributed by atoms with Crippen molar-refractivity contribution in [2.45, 2.75) is 19.6 Å². The zero-order chi connectivity index (χ0) is 17.8. The number of methoxy groups -OCH3 is 1. The van der Waals surface area contributed by atoms with Gasteiger partial charge >= 0.3 is 0 Å². The fraction of sp³-hybridized carbons (Fsp3) is 0.211. The first-order valence-electron chi connectivity index (χ1n) is 7.74. The zero-order valence-corrected chi connectivity index (χ0v) is 14.6. The molecular formula is C19H17ClFN2O2. The van der Waals surface area contributed by atoms with Crippen molar-refractivity contribution in [2.75, 3.05) is 7.11 Å². The molecular weight excluding hydrogens is 343 g/mol. The molecule has 1 aromatic heterocycles. The van der Waals surface area contributed by atoms with Gasteiger partial charge in [0.05, 0.1) is 31.7 Å². The Morgan fingerprint density at radius 3 is 2.64 bits per heavy atom. The first-order chi connectivity index (χ1) is 12.1. The summed E-state index contributed by atoms with van der Waals surface area (Å²) in [4.78, 5) is 0. The van der Waals surface area contributed by atoms with Gasteiger partial charge in [-0.1, -0.05) is 23.7 Å². The topological polar surface area (TPSA) is 36.3 Å². The predicted octanol–water partition coefficient (Wildman–Crippen LogP) is 4.75. The van der Waals surface area contributed by atoms with Crippen molar-refractivity contribution in [1.82, 2.24) is 9.78 Å². The smallest absolute Gasteiger partial charge is 0.152 e. The Morgan fingerprint density at radius 2 is 2.00 bits per heavy atom. The lowest BCUT2D eigenvalue weighted by molar-refractivity contribution is 0.0522. The highest BCUT2D eigenvalue weighted by atomic mass is 35.5. The van der Waals surface area contributed by atoms with Gasteiger partial charge in [-0.25, -0.2) is 9.07 Å². The lowest BCUT2D eigenvalue weighted by Gasteiger charge is -2.17. The number of halogens is 2. The molecule has 129 valence electrons. The van der Waals surface area contributed by atoms with Crippen LogP contribution in [0.3, 0.4) is 0 Å². The summed E-state index contributed by atoms with van der Waals surface area (Å²) in [6, 6.07) is 13.6. The standard InChI is InChI=1S/C19H17ClFN2O2/c1-13(25-12-14-3-6-16(24-2)7-4-14)17-11-15(21)5-8-18(17)23-10-9-19(20)22-23/h3-9,11,13H,12H2,1-2H3/t13-/m1/s1. The third kappa shape index (κ3) is 4.18. The third-order valence-electron chi connectivity index (χ3n) is 3.82. The second-order valence-corrected chi connectivity index (χ2v) is 5.90. The third-order valence-corrected chi connectivity index (χ3v) is 4.00. The van der Waals surface area contributed by atoms with Gasteiger partial charge in [-0.3, -0.25) is 0 Å². The molecule has 0 bridgehead atoms. The number of hydrogen-bond donors (Lipinski definition) is 0. The van der Waals surface area contributed by atoms with E-state index in [1.165, 1.54) is 16.8 Å². The van der Waals surface area contributed by atoms with E-state index in [4.69, 9.17) is 21.1 Å². The fourth-order valence-corrected chi connectivity index (χ4v) is 2.59. The molecule has 0 saturated carbocycles. The van der Waals surface area contributed by atoms with Crippen LogP contribution in [0, 0.1) is 12.0 Å². The molecule has 1 heterocycles. The van der Waals surface area contributed by atoms with Gasteiger partial charge in [0.2, 0.25) is 0 Å². The molecule has 25 heavy (non-hydrogen) atoms. The molecule has 0 aliphatic carbocycles. The average molecular weight is 360 g/mol. The maximum Gasteiger partial charge on any atom is 0.152 e. The summed E-state index contributed by atoms with van der Waals surface area (Å²) >= 11 is 5.86. The SMILES string of the molecule is COc1ccc(CO[C@H](C)c2cc(F)ccc2-n2[c]cc(Cl)n2)cc1. The Balaban J connectivity index is 1.78. The number of hydrogen-bond acceptors (Lipinski definition) is 3. The van der Waals surface area contributed by atoms with E-state index in [9.17, 15) is 4.39 Å². The Labute approximate surface area is 150 Å². The molecule has 0 unspecified atom stereocenters. The molecule has 0 aliphatic rings. The maximum atomic E-state index is 13.7. The quantitative estimate of drug-likeness (QED) is 0.637. The minimum atomic E-state index is -0.343. The van der Waals surface area contributed by atoms with Crippen molar-refractivity contribution in [3.63, 3.8) is 0 Å². The van der Waals surface area contributed by atoms with Gasteiger partial charge in [0, 0.05) is 11.6 Å². The highest BCUT2D eigenvalue weighted by Gasteiger charge is 2.15. The van der Waals surface area contributed by atoms with Crippen LogP contribution in [-0.4, -0.2) is 16.9 Å². The molecule has 1 radical (unpaired) electrons. The summed E-state index contributed by atoms with van der Waals surface area (Å²) in [6.07, 6.45) is 2.56. The predicted molar refractivity (Wildman–Crippen MR) is 93.6 cm³/mol. The van der Waals surface area contributed by atoms with E-state index in [1.54, 1.807) is 19.2 Å². The van der Waals surface area contributed by atoms with Gasteiger partial charge in [0.1, 0.15) is 11.6 Å². The van der Waals surface area contributed by atoms with Crippen LogP contribution in [0.2, 0.25) is 5.15 Å². The van der Waals surface area contributed by atoms with Crippen LogP contribution < -0.4 is 4.74 Å². The Morgan fingerprint density at radius 1 is 1.24 bits per heavy atom. The monoisotopic (exact) mass is 359 g/mol. The molecule has 0 aliphatic heterocycles. The fourth-order valence-electron chi connectivity index (χ4n) is 2.47. The molecule has 3 rings (SSSR count). The molecule has 0 fully saturated rings. The maximum absolute atomic E-state index is 13.7. The highest BCUT2D eigenvalue weighted by molar-refractivity contribution is 6.29. The van der Waals surface area contributed by atoms with E-state index < -0.39 is 0 Å². The average Bonchev–Trinajstić information content (AvgIpc) is 3.06. The molecule has 3 aromatic rings. The number of ether oxygens (including phenoxy) is 2. The van der Waals surface area contributed by atoms with Crippen LogP contribution in [-0.2, 0) is 11.3 Å². The molecule has 2 aromatic carbocycles. The first kappa shape index (κ1) is 17.5. The van der Waals surface area contributed by atoms with Crippen LogP contribution in [0.1, 0.15) is 24.2 Å². The number of rotatable bonds is 6. The molecule has 6 heteroatoms. The molecule has 0 N–H and O–H groups in total. The van der Waals surface area contributed by atoms with Crippen LogP contribution in [0.4, 0.5) is 4.39 Å². The summed E-state index contributed by atoms with van der Waals surface area (Å²) < 4.78 is 26.3. The van der Waals surface area contributed by atoms with Crippen molar-refractivity contribution in [1.29, 1.82) is 0 Å². The summed E-state index contributed by atoms with van der Waals surface area (Å²) in [5.74, 6) is 0.451. The Kier molecular flexibility index (Phi) is 5.36.